The average molecular weight is 312 g/mol. The van der Waals surface area contributed by atoms with Crippen molar-refractivity contribution in [2.75, 3.05) is 26.3 Å². The van der Waals surface area contributed by atoms with E-state index in [4.69, 9.17) is 4.74 Å². The molecule has 1 amide bonds. The summed E-state index contributed by atoms with van der Waals surface area (Å²) in [6, 6.07) is 8.32. The minimum atomic E-state index is -0.213. The van der Waals surface area contributed by atoms with Gasteiger partial charge in [-0.05, 0) is 11.1 Å². The summed E-state index contributed by atoms with van der Waals surface area (Å²) in [6.45, 7) is 5.01. The van der Waals surface area contributed by atoms with Gasteiger partial charge in [0.15, 0.2) is 0 Å². The van der Waals surface area contributed by atoms with Crippen LogP contribution in [0.3, 0.4) is 0 Å². The molecule has 6 heteroatoms. The highest BCUT2D eigenvalue weighted by Gasteiger charge is 2.10. The normalized spacial score (nSPS) is 15.3. The van der Waals surface area contributed by atoms with Gasteiger partial charge in [-0.25, -0.2) is 4.98 Å². The molecule has 0 unspecified atom stereocenters. The van der Waals surface area contributed by atoms with Crippen molar-refractivity contribution in [3.8, 4) is 0 Å². The van der Waals surface area contributed by atoms with E-state index in [1.165, 1.54) is 18.0 Å². The van der Waals surface area contributed by atoms with Crippen LogP contribution in [0.5, 0.6) is 0 Å². The number of hydrogen-bond donors (Lipinski definition) is 1. The van der Waals surface area contributed by atoms with Crippen molar-refractivity contribution >= 4 is 5.91 Å². The molecule has 1 aliphatic rings. The lowest BCUT2D eigenvalue weighted by atomic mass is 10.1. The van der Waals surface area contributed by atoms with Gasteiger partial charge in [-0.3, -0.25) is 14.7 Å². The fraction of sp³-hybridized carbons (Fsp3) is 0.353. The average Bonchev–Trinajstić information content (AvgIpc) is 2.62. The van der Waals surface area contributed by atoms with Crippen molar-refractivity contribution < 1.29 is 9.53 Å². The molecule has 0 saturated carbocycles. The zero-order valence-electron chi connectivity index (χ0n) is 12.9. The number of ether oxygens (including phenoxy) is 1. The zero-order chi connectivity index (χ0) is 15.9. The molecule has 2 aromatic rings. The Morgan fingerprint density at radius 1 is 1.13 bits per heavy atom. The number of amides is 1. The van der Waals surface area contributed by atoms with E-state index < -0.39 is 0 Å². The molecule has 6 nitrogen and oxygen atoms in total. The molecule has 3 rings (SSSR count). The van der Waals surface area contributed by atoms with Crippen LogP contribution < -0.4 is 5.32 Å². The molecule has 0 radical (unpaired) electrons. The fourth-order valence-corrected chi connectivity index (χ4v) is 2.47. The largest absolute Gasteiger partial charge is 0.379 e. The van der Waals surface area contributed by atoms with Gasteiger partial charge in [0, 0.05) is 38.6 Å². The molecule has 120 valence electrons. The summed E-state index contributed by atoms with van der Waals surface area (Å²) in [5, 5.41) is 2.85. The van der Waals surface area contributed by atoms with Crippen molar-refractivity contribution in [1.82, 2.24) is 20.2 Å². The summed E-state index contributed by atoms with van der Waals surface area (Å²) in [5.41, 5.74) is 2.67. The summed E-state index contributed by atoms with van der Waals surface area (Å²) < 4.78 is 5.36. The van der Waals surface area contributed by atoms with Crippen LogP contribution in [0.4, 0.5) is 0 Å². The predicted molar refractivity (Wildman–Crippen MR) is 85.7 cm³/mol. The number of rotatable bonds is 5. The van der Waals surface area contributed by atoms with Gasteiger partial charge in [0.25, 0.3) is 5.91 Å². The fourth-order valence-electron chi connectivity index (χ4n) is 2.47. The van der Waals surface area contributed by atoms with Gasteiger partial charge in [-0.15, -0.1) is 0 Å². The number of nitrogens with zero attached hydrogens (tertiary/aromatic N) is 3. The van der Waals surface area contributed by atoms with E-state index in [1.807, 2.05) is 12.1 Å². The number of carbonyl (C=O) groups excluding carboxylic acids is 1. The van der Waals surface area contributed by atoms with Crippen LogP contribution in [0, 0.1) is 0 Å². The van der Waals surface area contributed by atoms with Crippen molar-refractivity contribution in [2.45, 2.75) is 13.1 Å². The second-order valence-corrected chi connectivity index (χ2v) is 5.48. The first-order valence-corrected chi connectivity index (χ1v) is 7.73. The molecule has 1 aromatic carbocycles. The summed E-state index contributed by atoms with van der Waals surface area (Å²) >= 11 is 0. The Kier molecular flexibility index (Phi) is 5.29. The van der Waals surface area contributed by atoms with E-state index in [1.54, 1.807) is 6.20 Å². The number of hydrogen-bond acceptors (Lipinski definition) is 5. The molecule has 23 heavy (non-hydrogen) atoms. The number of benzene rings is 1. The molecule has 1 N–H and O–H groups in total. The lowest BCUT2D eigenvalue weighted by Crippen LogP contribution is -2.35. The first kappa shape index (κ1) is 15.6. The monoisotopic (exact) mass is 312 g/mol. The van der Waals surface area contributed by atoms with Gasteiger partial charge in [-0.1, -0.05) is 24.3 Å². The smallest absolute Gasteiger partial charge is 0.271 e. The van der Waals surface area contributed by atoms with E-state index >= 15 is 0 Å². The maximum absolute atomic E-state index is 11.9. The first-order chi connectivity index (χ1) is 11.3. The van der Waals surface area contributed by atoms with Crippen LogP contribution in [0.15, 0.2) is 42.9 Å². The molecule has 1 aliphatic heterocycles. The van der Waals surface area contributed by atoms with Gasteiger partial charge in [0.2, 0.25) is 0 Å². The highest BCUT2D eigenvalue weighted by molar-refractivity contribution is 5.91. The lowest BCUT2D eigenvalue weighted by molar-refractivity contribution is 0.0342. The second-order valence-electron chi connectivity index (χ2n) is 5.48. The lowest BCUT2D eigenvalue weighted by Gasteiger charge is -2.26. The molecule has 1 aromatic heterocycles. The number of nitrogens with one attached hydrogen (secondary N) is 1. The van der Waals surface area contributed by atoms with Crippen LogP contribution in [0.1, 0.15) is 21.6 Å². The SMILES string of the molecule is O=C(NCc1ccc(CN2CCOCC2)cc1)c1cnccn1. The molecule has 0 spiro atoms. The first-order valence-electron chi connectivity index (χ1n) is 7.73. The molecular formula is C17H20N4O2. The van der Waals surface area contributed by atoms with Crippen LogP contribution >= 0.6 is 0 Å². The van der Waals surface area contributed by atoms with E-state index in [9.17, 15) is 4.79 Å². The Morgan fingerprint density at radius 2 is 1.87 bits per heavy atom. The van der Waals surface area contributed by atoms with E-state index in [0.29, 0.717) is 12.2 Å². The van der Waals surface area contributed by atoms with E-state index in [0.717, 1.165) is 38.4 Å². The summed E-state index contributed by atoms with van der Waals surface area (Å²) in [7, 11) is 0. The van der Waals surface area contributed by atoms with Crippen molar-refractivity contribution in [2.24, 2.45) is 0 Å². The Hall–Kier alpha value is -2.31. The van der Waals surface area contributed by atoms with Crippen molar-refractivity contribution in [1.29, 1.82) is 0 Å². The van der Waals surface area contributed by atoms with Crippen molar-refractivity contribution in [3.63, 3.8) is 0 Å². The zero-order valence-corrected chi connectivity index (χ0v) is 12.9. The maximum atomic E-state index is 11.9. The Bertz CT molecular complexity index is 625. The third kappa shape index (κ3) is 4.58. The number of carbonyl (C=O) groups is 1. The van der Waals surface area contributed by atoms with E-state index in [2.05, 4.69) is 32.3 Å². The number of aromatic nitrogens is 2. The van der Waals surface area contributed by atoms with Crippen molar-refractivity contribution in [3.05, 3.63) is 59.7 Å². The molecule has 0 atom stereocenters. The number of morpholine rings is 1. The van der Waals surface area contributed by atoms with E-state index in [-0.39, 0.29) is 5.91 Å². The summed E-state index contributed by atoms with van der Waals surface area (Å²) in [5.74, 6) is -0.213. The summed E-state index contributed by atoms with van der Waals surface area (Å²) in [6.07, 6.45) is 4.51. The molecule has 2 heterocycles. The quantitative estimate of drug-likeness (QED) is 0.900. The highest BCUT2D eigenvalue weighted by atomic mass is 16.5. The standard InChI is InChI=1S/C17H20N4O2/c22-17(16-12-18-5-6-19-16)20-11-14-1-3-15(4-2-14)13-21-7-9-23-10-8-21/h1-6,12H,7-11,13H2,(H,20,22). The topological polar surface area (TPSA) is 67.4 Å². The van der Waals surface area contributed by atoms with Crippen LogP contribution in [0.2, 0.25) is 0 Å². The minimum absolute atomic E-state index is 0.213. The molecule has 0 bridgehead atoms. The molecule has 1 saturated heterocycles. The van der Waals surface area contributed by atoms with Crippen LogP contribution in [0.25, 0.3) is 0 Å². The third-order valence-corrected chi connectivity index (χ3v) is 3.78. The van der Waals surface area contributed by atoms with Gasteiger partial charge in [0.1, 0.15) is 5.69 Å². The molecule has 1 fully saturated rings. The van der Waals surface area contributed by atoms with Gasteiger partial charge < -0.3 is 10.1 Å². The van der Waals surface area contributed by atoms with Crippen LogP contribution in [-0.4, -0.2) is 47.1 Å². The van der Waals surface area contributed by atoms with Crippen LogP contribution in [-0.2, 0) is 17.8 Å². The molecular weight excluding hydrogens is 292 g/mol. The highest BCUT2D eigenvalue weighted by Crippen LogP contribution is 2.09. The Morgan fingerprint density at radius 3 is 2.57 bits per heavy atom. The van der Waals surface area contributed by atoms with Gasteiger partial charge in [-0.2, -0.15) is 0 Å². The van der Waals surface area contributed by atoms with Gasteiger partial charge in [0.05, 0.1) is 19.4 Å². The minimum Gasteiger partial charge on any atom is -0.379 e. The third-order valence-electron chi connectivity index (χ3n) is 3.78. The predicted octanol–water partition coefficient (Wildman–Crippen LogP) is 1.24. The maximum Gasteiger partial charge on any atom is 0.271 e. The summed E-state index contributed by atoms with van der Waals surface area (Å²) in [4.78, 5) is 22.2. The second kappa shape index (κ2) is 7.80. The Labute approximate surface area is 135 Å². The van der Waals surface area contributed by atoms with Gasteiger partial charge >= 0.3 is 0 Å². The Balaban J connectivity index is 1.50. The molecule has 0 aliphatic carbocycles.